The molecule has 1 aliphatic carbocycles. The zero-order valence-electron chi connectivity index (χ0n) is 31.7. The molecule has 1 N–H and O–H groups in total. The summed E-state index contributed by atoms with van der Waals surface area (Å²) >= 11 is 0. The molecule has 10 rings (SSSR count). The molecular weight excluding hydrogens is 652 g/mol. The van der Waals surface area contributed by atoms with Gasteiger partial charge in [0.15, 0.2) is 6.29 Å². The maximum atomic E-state index is 14.1. The van der Waals surface area contributed by atoms with E-state index < -0.39 is 6.29 Å². The van der Waals surface area contributed by atoms with E-state index in [2.05, 4.69) is 96.7 Å². The van der Waals surface area contributed by atoms with E-state index >= 15 is 0 Å². The first-order chi connectivity index (χ1) is 25.1. The Kier molecular flexibility index (Phi) is 7.39. The summed E-state index contributed by atoms with van der Waals surface area (Å²) in [4.78, 5) is 21.8. The van der Waals surface area contributed by atoms with Crippen molar-refractivity contribution in [3.8, 4) is 5.75 Å². The third-order valence-electron chi connectivity index (χ3n) is 15.9. The number of aliphatic hydroxyl groups excluding tert-OH is 1. The lowest BCUT2D eigenvalue weighted by molar-refractivity contribution is -0.226. The number of anilines is 1. The number of fused-ring (bicyclic) bond motifs is 10. The van der Waals surface area contributed by atoms with Crippen molar-refractivity contribution in [2.75, 3.05) is 52.9 Å². The summed E-state index contributed by atoms with van der Waals surface area (Å²) in [5.74, 6) is 1.14. The predicted molar refractivity (Wildman–Crippen MR) is 201 cm³/mol. The standard InChI is InChI=1S/C43H54N4O5/c1-8-23-20-47-14-13-43-30-15-25(36(50-6)19-33(30)46(5)40(43)35(47)16-26(23)38(43)42(49)51-7)22(2)37-27-17-34-39-28(24-11-9-10-12-31(24)45(39)4)18-32(44(34)3)29(27)21-52-41(37)48/h8-12,15,19,22,26-27,29,32,34-35,37-38,40-41,48H,13-14,16-18,20-21H2,1-7H3/b23-8-/t22-,26+,27-,29-,32+,34+,35+,37+,38+,40+,41+,43+/m1/s1. The molecule has 7 aliphatic rings. The Balaban J connectivity index is 1.08. The summed E-state index contributed by atoms with van der Waals surface area (Å²) in [6, 6.07) is 14.6. The van der Waals surface area contributed by atoms with Gasteiger partial charge in [-0.25, -0.2) is 0 Å². The molecule has 4 saturated heterocycles. The monoisotopic (exact) mass is 706 g/mol. The van der Waals surface area contributed by atoms with E-state index in [1.165, 1.54) is 39.0 Å². The highest BCUT2D eigenvalue weighted by atomic mass is 16.6. The van der Waals surface area contributed by atoms with Gasteiger partial charge in [-0.1, -0.05) is 36.8 Å². The molecule has 0 unspecified atom stereocenters. The van der Waals surface area contributed by atoms with Gasteiger partial charge in [0.2, 0.25) is 0 Å². The molecule has 52 heavy (non-hydrogen) atoms. The Hall–Kier alpha value is -3.37. The number of carbonyl (C=O) groups is 1. The maximum Gasteiger partial charge on any atom is 0.310 e. The Morgan fingerprint density at radius 1 is 1.10 bits per heavy atom. The minimum Gasteiger partial charge on any atom is -0.496 e. The van der Waals surface area contributed by atoms with E-state index in [0.717, 1.165) is 50.1 Å². The highest BCUT2D eigenvalue weighted by Crippen LogP contribution is 2.65. The first-order valence-electron chi connectivity index (χ1n) is 19.6. The maximum absolute atomic E-state index is 14.1. The van der Waals surface area contributed by atoms with Gasteiger partial charge in [0.05, 0.1) is 38.8 Å². The van der Waals surface area contributed by atoms with Gasteiger partial charge in [-0.2, -0.15) is 0 Å². The molecule has 2 aromatic carbocycles. The lowest BCUT2D eigenvalue weighted by Crippen LogP contribution is -2.72. The SMILES string of the molecule is C/C=C1/CN2CC[C@@]34c5cc([C@@H](C)[C@H]6[C@@H]7C[C@H]8c9c(c%10ccccc%10n9C)C[C@@H]([C@@H]7CO[C@@H]6O)N8C)c(OC)cc5N(C)[C@H]3[C@@H]2C[C@@H]1[C@H]4C(=O)OC. The van der Waals surface area contributed by atoms with Crippen LogP contribution in [0.25, 0.3) is 10.9 Å². The number of nitrogens with zero attached hydrogens (tertiary/aromatic N) is 4. The largest absolute Gasteiger partial charge is 0.496 e. The van der Waals surface area contributed by atoms with Crippen LogP contribution in [-0.4, -0.2) is 97.9 Å². The number of hydrogen-bond donors (Lipinski definition) is 1. The zero-order valence-corrected chi connectivity index (χ0v) is 31.7. The number of aromatic nitrogens is 1. The molecule has 0 radical (unpaired) electrons. The molecule has 9 nitrogen and oxygen atoms in total. The van der Waals surface area contributed by atoms with Gasteiger partial charge in [0.25, 0.3) is 0 Å². The second-order valence-corrected chi connectivity index (χ2v) is 17.2. The van der Waals surface area contributed by atoms with Gasteiger partial charge in [-0.05, 0) is 92.8 Å². The average molecular weight is 707 g/mol. The fourth-order valence-electron chi connectivity index (χ4n) is 13.7. The molecule has 0 amide bonds. The van der Waals surface area contributed by atoms with Crippen molar-refractivity contribution in [3.63, 3.8) is 0 Å². The summed E-state index contributed by atoms with van der Waals surface area (Å²) in [6.07, 6.45) is 5.25. The first-order valence-corrected chi connectivity index (χ1v) is 19.6. The number of para-hydroxylation sites is 1. The molecule has 7 heterocycles. The third kappa shape index (κ3) is 4.06. The molecular formula is C43H54N4O5. The second kappa shape index (κ2) is 11.6. The van der Waals surface area contributed by atoms with Crippen molar-refractivity contribution in [1.82, 2.24) is 14.4 Å². The quantitative estimate of drug-likeness (QED) is 0.286. The van der Waals surface area contributed by atoms with Crippen LogP contribution in [0.3, 0.4) is 0 Å². The minimum atomic E-state index is -0.865. The van der Waals surface area contributed by atoms with Gasteiger partial charge in [0, 0.05) is 78.3 Å². The number of benzene rings is 2. The molecule has 12 atom stereocenters. The summed E-state index contributed by atoms with van der Waals surface area (Å²) in [7, 11) is 10.1. The van der Waals surface area contributed by atoms with Gasteiger partial charge >= 0.3 is 5.97 Å². The summed E-state index contributed by atoms with van der Waals surface area (Å²) < 4.78 is 20.8. The normalized spacial score (nSPS) is 38.8. The van der Waals surface area contributed by atoms with Crippen LogP contribution in [0.2, 0.25) is 0 Å². The van der Waals surface area contributed by atoms with Crippen LogP contribution < -0.4 is 9.64 Å². The van der Waals surface area contributed by atoms with E-state index in [1.54, 1.807) is 14.2 Å². The van der Waals surface area contributed by atoms with Crippen LogP contribution in [0.1, 0.15) is 67.5 Å². The number of piperidine rings is 3. The van der Waals surface area contributed by atoms with Crippen LogP contribution in [-0.2, 0) is 33.2 Å². The van der Waals surface area contributed by atoms with Gasteiger partial charge in [-0.3, -0.25) is 14.6 Å². The van der Waals surface area contributed by atoms with Crippen molar-refractivity contribution in [1.29, 1.82) is 0 Å². The number of rotatable bonds is 4. The molecule has 5 fully saturated rings. The highest BCUT2D eigenvalue weighted by Gasteiger charge is 2.69. The summed E-state index contributed by atoms with van der Waals surface area (Å²) in [6.45, 7) is 6.88. The van der Waals surface area contributed by atoms with Gasteiger partial charge in [-0.15, -0.1) is 0 Å². The highest BCUT2D eigenvalue weighted by molar-refractivity contribution is 5.86. The van der Waals surface area contributed by atoms with Crippen LogP contribution in [0.4, 0.5) is 5.69 Å². The Labute approximate surface area is 307 Å². The molecule has 3 aromatic rings. The molecule has 6 aliphatic heterocycles. The van der Waals surface area contributed by atoms with Gasteiger partial charge < -0.3 is 28.8 Å². The van der Waals surface area contributed by atoms with Crippen LogP contribution >= 0.6 is 0 Å². The molecule has 276 valence electrons. The van der Waals surface area contributed by atoms with Crippen molar-refractivity contribution < 1.29 is 24.1 Å². The molecule has 0 spiro atoms. The molecule has 5 bridgehead atoms. The topological polar surface area (TPSA) is 79.6 Å². The van der Waals surface area contributed by atoms with Crippen molar-refractivity contribution in [3.05, 3.63) is 70.4 Å². The molecule has 1 aromatic heterocycles. The summed E-state index contributed by atoms with van der Waals surface area (Å²) in [5, 5.41) is 13.2. The predicted octanol–water partition coefficient (Wildman–Crippen LogP) is 5.39. The second-order valence-electron chi connectivity index (χ2n) is 17.2. The van der Waals surface area contributed by atoms with Crippen LogP contribution in [0.15, 0.2) is 48.0 Å². The number of methoxy groups -OCH3 is 2. The van der Waals surface area contributed by atoms with Crippen molar-refractivity contribution in [2.24, 2.45) is 36.6 Å². The van der Waals surface area contributed by atoms with Crippen LogP contribution in [0, 0.1) is 29.6 Å². The number of allylic oxidation sites excluding steroid dienone is 1. The minimum absolute atomic E-state index is 0.0363. The van der Waals surface area contributed by atoms with E-state index in [1.807, 2.05) is 0 Å². The van der Waals surface area contributed by atoms with Gasteiger partial charge in [0.1, 0.15) is 5.75 Å². The van der Waals surface area contributed by atoms with Crippen molar-refractivity contribution >= 4 is 22.6 Å². The molecule has 1 saturated carbocycles. The van der Waals surface area contributed by atoms with E-state index in [9.17, 15) is 9.90 Å². The number of ether oxygens (including phenoxy) is 3. The van der Waals surface area contributed by atoms with Crippen molar-refractivity contribution in [2.45, 2.75) is 81.3 Å². The Morgan fingerprint density at radius 2 is 1.90 bits per heavy atom. The number of aliphatic hydroxyl groups is 1. The van der Waals surface area contributed by atoms with Crippen LogP contribution in [0.5, 0.6) is 5.75 Å². The number of likely N-dealkylation sites (N-methyl/N-ethyl adjacent to an activating group) is 2. The number of esters is 1. The summed E-state index contributed by atoms with van der Waals surface area (Å²) in [5.41, 5.74) is 8.76. The Morgan fingerprint density at radius 3 is 2.67 bits per heavy atom. The lowest BCUT2D eigenvalue weighted by Gasteiger charge is -2.63. The number of hydrogen-bond acceptors (Lipinski definition) is 8. The first kappa shape index (κ1) is 33.2. The number of aryl methyl sites for hydroxylation is 1. The lowest BCUT2D eigenvalue weighted by atomic mass is 9.50. The zero-order chi connectivity index (χ0) is 36.0. The average Bonchev–Trinajstić information content (AvgIpc) is 3.58. The van der Waals surface area contributed by atoms with E-state index in [0.29, 0.717) is 24.6 Å². The Bertz CT molecular complexity index is 2010. The van der Waals surface area contributed by atoms with E-state index in [-0.39, 0.29) is 53.1 Å². The van der Waals surface area contributed by atoms with E-state index in [4.69, 9.17) is 14.2 Å². The third-order valence-corrected chi connectivity index (χ3v) is 15.9. The smallest absolute Gasteiger partial charge is 0.310 e. The molecule has 9 heteroatoms. The fourth-order valence-corrected chi connectivity index (χ4v) is 13.7. The number of carbonyl (C=O) groups excluding carboxylic acids is 1. The fraction of sp³-hybridized carbons (Fsp3) is 0.605.